The molecule has 23 heavy (non-hydrogen) atoms. The van der Waals surface area contributed by atoms with Crippen LogP contribution in [0.3, 0.4) is 0 Å². The lowest BCUT2D eigenvalue weighted by atomic mass is 10.0. The molecule has 1 heterocycles. The van der Waals surface area contributed by atoms with Crippen LogP contribution in [0.1, 0.15) is 79.1 Å². The predicted molar refractivity (Wildman–Crippen MR) is 91.2 cm³/mol. The highest BCUT2D eigenvalue weighted by Gasteiger charge is 2.01. The van der Waals surface area contributed by atoms with E-state index in [0.717, 1.165) is 32.5 Å². The molecule has 1 aliphatic rings. The number of nitrogens with zero attached hydrogens (tertiary/aromatic N) is 1. The van der Waals surface area contributed by atoms with Crippen molar-refractivity contribution >= 4 is 0 Å². The van der Waals surface area contributed by atoms with Crippen LogP contribution >= 0.6 is 0 Å². The topological polar surface area (TPSA) is 102 Å². The van der Waals surface area contributed by atoms with E-state index in [9.17, 15) is 5.11 Å². The summed E-state index contributed by atoms with van der Waals surface area (Å²) < 4.78 is 9.44. The van der Waals surface area contributed by atoms with Gasteiger partial charge >= 0.3 is 0 Å². The summed E-state index contributed by atoms with van der Waals surface area (Å²) in [6, 6.07) is 0. The molecule has 0 bridgehead atoms. The van der Waals surface area contributed by atoms with Crippen molar-refractivity contribution in [3.05, 3.63) is 10.1 Å². The molecule has 1 atom stereocenters. The maximum Gasteiger partial charge on any atom is 0.291 e. The van der Waals surface area contributed by atoms with Crippen molar-refractivity contribution in [1.29, 1.82) is 0 Å². The molecule has 0 spiro atoms. The molecule has 1 aliphatic heterocycles. The molecule has 0 radical (unpaired) electrons. The molecule has 1 rings (SSSR count). The van der Waals surface area contributed by atoms with Gasteiger partial charge in [0, 0.05) is 0 Å². The summed E-state index contributed by atoms with van der Waals surface area (Å²) in [6.07, 6.45) is 11.0. The number of aliphatic hydroxyl groups is 1. The van der Waals surface area contributed by atoms with Gasteiger partial charge < -0.3 is 19.8 Å². The molecule has 1 saturated heterocycles. The standard InChI is InChI=1S/C12H26O.C3H6O2.CH4.HNO3/c1-3-5-6-7-8-9-11-12(13)10-4-2;1-2-5-3-4-1;;2-1(3)4/h12-13H,3-11H2,1-2H3;1-3H2;1H4;(H,2,3,4). The van der Waals surface area contributed by atoms with Crippen LogP contribution < -0.4 is 0 Å². The van der Waals surface area contributed by atoms with E-state index in [0.29, 0.717) is 6.79 Å². The zero-order valence-corrected chi connectivity index (χ0v) is 14.0. The van der Waals surface area contributed by atoms with Crippen LogP contribution in [-0.2, 0) is 9.47 Å². The van der Waals surface area contributed by atoms with Gasteiger partial charge in [-0.1, -0.05) is 66.2 Å². The zero-order chi connectivity index (χ0) is 17.1. The Kier molecular flexibility index (Phi) is 27.4. The second kappa shape index (κ2) is 23.3. The molecular formula is C16H37NO6. The molecule has 0 saturated carbocycles. The smallest absolute Gasteiger partial charge is 0.291 e. The summed E-state index contributed by atoms with van der Waals surface area (Å²) in [5.41, 5.74) is 0. The summed E-state index contributed by atoms with van der Waals surface area (Å²) in [6.45, 7) is 6.43. The van der Waals surface area contributed by atoms with Crippen LogP contribution in [0, 0.1) is 10.1 Å². The molecule has 0 aliphatic carbocycles. The third-order valence-electron chi connectivity index (χ3n) is 3.05. The highest BCUT2D eigenvalue weighted by Crippen LogP contribution is 2.10. The van der Waals surface area contributed by atoms with E-state index in [1.165, 1.54) is 38.5 Å². The molecule has 0 amide bonds. The minimum Gasteiger partial charge on any atom is -0.393 e. The van der Waals surface area contributed by atoms with E-state index >= 15 is 0 Å². The molecule has 2 N–H and O–H groups in total. The molecule has 7 heteroatoms. The van der Waals surface area contributed by atoms with E-state index in [4.69, 9.17) is 24.8 Å². The van der Waals surface area contributed by atoms with Crippen LogP contribution in [0.15, 0.2) is 0 Å². The quantitative estimate of drug-likeness (QED) is 0.371. The zero-order valence-electron chi connectivity index (χ0n) is 14.0. The summed E-state index contributed by atoms with van der Waals surface area (Å²) in [4.78, 5) is 8.36. The van der Waals surface area contributed by atoms with Gasteiger partial charge in [0.05, 0.1) is 19.3 Å². The largest absolute Gasteiger partial charge is 0.393 e. The first-order valence-electron chi connectivity index (χ1n) is 8.21. The Morgan fingerprint density at radius 1 is 1.00 bits per heavy atom. The van der Waals surface area contributed by atoms with Crippen LogP contribution in [0.5, 0.6) is 0 Å². The van der Waals surface area contributed by atoms with Crippen molar-refractivity contribution in [1.82, 2.24) is 0 Å². The van der Waals surface area contributed by atoms with Crippen molar-refractivity contribution in [3.8, 4) is 0 Å². The lowest BCUT2D eigenvalue weighted by Gasteiger charge is -2.08. The second-order valence-corrected chi connectivity index (χ2v) is 5.17. The highest BCUT2D eigenvalue weighted by molar-refractivity contribution is 4.54. The van der Waals surface area contributed by atoms with Crippen LogP contribution in [0.2, 0.25) is 0 Å². The Hall–Kier alpha value is -0.920. The first kappa shape index (κ1) is 27.0. The highest BCUT2D eigenvalue weighted by atomic mass is 16.9. The molecule has 0 aromatic heterocycles. The molecule has 0 aromatic carbocycles. The molecule has 1 fully saturated rings. The average Bonchev–Trinajstić information content (AvgIpc) is 3.02. The molecule has 1 unspecified atom stereocenters. The SMILES string of the molecule is C.C1COCO1.CCCCCCCCC(O)CCC.O=[N+]([O-])O. The maximum absolute atomic E-state index is 9.45. The van der Waals surface area contributed by atoms with Gasteiger partial charge in [-0.3, -0.25) is 0 Å². The van der Waals surface area contributed by atoms with Gasteiger partial charge in [0.15, 0.2) is 0 Å². The van der Waals surface area contributed by atoms with Crippen molar-refractivity contribution in [2.45, 2.75) is 85.2 Å². The number of hydrogen-bond donors (Lipinski definition) is 2. The van der Waals surface area contributed by atoms with Crippen LogP contribution in [-0.4, -0.2) is 41.5 Å². The normalized spacial score (nSPS) is 13.7. The van der Waals surface area contributed by atoms with Gasteiger partial charge in [0.25, 0.3) is 5.09 Å². The van der Waals surface area contributed by atoms with Crippen molar-refractivity contribution in [2.24, 2.45) is 0 Å². The molecule has 7 nitrogen and oxygen atoms in total. The van der Waals surface area contributed by atoms with Gasteiger partial charge in [-0.25, -0.2) is 0 Å². The van der Waals surface area contributed by atoms with E-state index in [1.54, 1.807) is 0 Å². The van der Waals surface area contributed by atoms with E-state index in [-0.39, 0.29) is 13.5 Å². The molecule has 0 aromatic rings. The first-order chi connectivity index (χ1) is 10.5. The third kappa shape index (κ3) is 33.7. The van der Waals surface area contributed by atoms with Crippen molar-refractivity contribution < 1.29 is 24.9 Å². The van der Waals surface area contributed by atoms with Crippen LogP contribution in [0.25, 0.3) is 0 Å². The van der Waals surface area contributed by atoms with Gasteiger partial charge in [0.2, 0.25) is 0 Å². The average molecular weight is 339 g/mol. The summed E-state index contributed by atoms with van der Waals surface area (Å²) in [5, 5.41) is 23.1. The predicted octanol–water partition coefficient (Wildman–Crippen LogP) is 4.18. The number of unbranched alkanes of at least 4 members (excludes halogenated alkanes) is 5. The van der Waals surface area contributed by atoms with Crippen molar-refractivity contribution in [3.63, 3.8) is 0 Å². The van der Waals surface area contributed by atoms with Gasteiger partial charge in [-0.15, -0.1) is 10.1 Å². The fourth-order valence-corrected chi connectivity index (χ4v) is 1.93. The van der Waals surface area contributed by atoms with E-state index in [2.05, 4.69) is 13.8 Å². The number of hydrogen-bond acceptors (Lipinski definition) is 5. The monoisotopic (exact) mass is 339 g/mol. The maximum atomic E-state index is 9.45. The lowest BCUT2D eigenvalue weighted by Crippen LogP contribution is -2.04. The number of ether oxygens (including phenoxy) is 2. The van der Waals surface area contributed by atoms with Crippen LogP contribution in [0.4, 0.5) is 0 Å². The Labute approximate surface area is 141 Å². The Bertz CT molecular complexity index is 213. The summed E-state index contributed by atoms with van der Waals surface area (Å²) in [7, 11) is 0. The molecule has 142 valence electrons. The van der Waals surface area contributed by atoms with E-state index in [1.807, 2.05) is 0 Å². The summed E-state index contributed by atoms with van der Waals surface area (Å²) in [5.74, 6) is 0. The Morgan fingerprint density at radius 3 is 1.87 bits per heavy atom. The lowest BCUT2D eigenvalue weighted by molar-refractivity contribution is -0.742. The van der Waals surface area contributed by atoms with Gasteiger partial charge in [0.1, 0.15) is 6.79 Å². The van der Waals surface area contributed by atoms with Gasteiger partial charge in [-0.05, 0) is 12.8 Å². The fourth-order valence-electron chi connectivity index (χ4n) is 1.93. The van der Waals surface area contributed by atoms with Gasteiger partial charge in [-0.2, -0.15) is 0 Å². The number of aliphatic hydroxyl groups excluding tert-OH is 1. The summed E-state index contributed by atoms with van der Waals surface area (Å²) >= 11 is 0. The Balaban J connectivity index is -0.000000327. The molecular weight excluding hydrogens is 302 g/mol. The first-order valence-corrected chi connectivity index (χ1v) is 8.21. The van der Waals surface area contributed by atoms with E-state index < -0.39 is 5.09 Å². The minimum atomic E-state index is -1.50. The minimum absolute atomic E-state index is 0. The number of rotatable bonds is 9. The van der Waals surface area contributed by atoms with Crippen molar-refractivity contribution in [2.75, 3.05) is 20.0 Å². The Morgan fingerprint density at radius 2 is 1.48 bits per heavy atom. The second-order valence-electron chi connectivity index (χ2n) is 5.17. The fraction of sp³-hybridized carbons (Fsp3) is 1.00. The third-order valence-corrected chi connectivity index (χ3v) is 3.05.